The molecule has 186 valence electrons. The van der Waals surface area contributed by atoms with Crippen molar-refractivity contribution >= 4 is 5.91 Å². The van der Waals surface area contributed by atoms with Gasteiger partial charge in [-0.15, -0.1) is 0 Å². The molecule has 1 aliphatic heterocycles. The molecule has 1 unspecified atom stereocenters. The second kappa shape index (κ2) is 10.3. The van der Waals surface area contributed by atoms with Crippen molar-refractivity contribution in [3.05, 3.63) is 95.5 Å². The van der Waals surface area contributed by atoms with Crippen molar-refractivity contribution in [2.45, 2.75) is 62.7 Å². The van der Waals surface area contributed by atoms with Gasteiger partial charge in [-0.05, 0) is 56.4 Å². The highest BCUT2D eigenvalue weighted by atomic mass is 19.1. The predicted octanol–water partition coefficient (Wildman–Crippen LogP) is 4.61. The van der Waals surface area contributed by atoms with Gasteiger partial charge in [0.05, 0.1) is 11.2 Å². The van der Waals surface area contributed by atoms with Gasteiger partial charge in [0, 0.05) is 25.0 Å². The SMILES string of the molecule is CC(C)(CCC(C(N)=O)(c1ccccc1)c1ccccc1)N1CC[C@H](OC2=CC=C(F)C(O)C2)C1. The number of amides is 1. The van der Waals surface area contributed by atoms with E-state index in [-0.39, 0.29) is 24.0 Å². The summed E-state index contributed by atoms with van der Waals surface area (Å²) >= 11 is 0. The van der Waals surface area contributed by atoms with E-state index in [0.717, 1.165) is 37.1 Å². The Kier molecular flexibility index (Phi) is 7.43. The molecule has 0 bridgehead atoms. The maximum atomic E-state index is 13.4. The molecule has 3 N–H and O–H groups in total. The zero-order valence-electron chi connectivity index (χ0n) is 20.5. The van der Waals surface area contributed by atoms with E-state index < -0.39 is 17.3 Å². The third kappa shape index (κ3) is 5.34. The van der Waals surface area contributed by atoms with E-state index in [2.05, 4.69) is 18.7 Å². The predicted molar refractivity (Wildman–Crippen MR) is 135 cm³/mol. The van der Waals surface area contributed by atoms with Crippen molar-refractivity contribution in [3.8, 4) is 0 Å². The molecule has 6 heteroatoms. The first-order chi connectivity index (χ1) is 16.7. The van der Waals surface area contributed by atoms with Crippen LogP contribution < -0.4 is 5.73 Å². The lowest BCUT2D eigenvalue weighted by molar-refractivity contribution is -0.122. The normalized spacial score (nSPS) is 21.4. The summed E-state index contributed by atoms with van der Waals surface area (Å²) in [5, 5.41) is 9.77. The van der Waals surface area contributed by atoms with Crippen molar-refractivity contribution in [1.82, 2.24) is 4.90 Å². The number of nitrogens with zero attached hydrogens (tertiary/aromatic N) is 1. The standard InChI is InChI=1S/C29H35FN2O3/c1-28(2,32-18-15-24(20-32)35-23-13-14-25(30)26(33)19-23)16-17-29(27(31)34,21-9-5-3-6-10-21)22-11-7-4-8-12-22/h3-14,24,26,33H,15-20H2,1-2H3,(H2,31,34)/t24-,26?/m0/s1. The van der Waals surface area contributed by atoms with Crippen LogP contribution >= 0.6 is 0 Å². The number of likely N-dealkylation sites (tertiary alicyclic amines) is 1. The van der Waals surface area contributed by atoms with E-state index in [4.69, 9.17) is 10.5 Å². The van der Waals surface area contributed by atoms with Crippen molar-refractivity contribution in [2.24, 2.45) is 5.73 Å². The zero-order valence-corrected chi connectivity index (χ0v) is 20.5. The van der Waals surface area contributed by atoms with Gasteiger partial charge in [-0.2, -0.15) is 0 Å². The Labute approximate surface area is 207 Å². The van der Waals surface area contributed by atoms with E-state index in [0.29, 0.717) is 12.2 Å². The van der Waals surface area contributed by atoms with Gasteiger partial charge in [0.2, 0.25) is 5.91 Å². The summed E-state index contributed by atoms with van der Waals surface area (Å²) in [6.45, 7) is 5.97. The Morgan fingerprint density at radius 1 is 1.06 bits per heavy atom. The minimum atomic E-state index is -1.12. The first-order valence-corrected chi connectivity index (χ1v) is 12.3. The fourth-order valence-corrected chi connectivity index (χ4v) is 5.28. The lowest BCUT2D eigenvalue weighted by Gasteiger charge is -2.40. The Bertz CT molecular complexity index is 1040. The number of aliphatic hydroxyl groups excluding tert-OH is 1. The quantitative estimate of drug-likeness (QED) is 0.552. The van der Waals surface area contributed by atoms with Crippen molar-refractivity contribution in [1.29, 1.82) is 0 Å². The van der Waals surface area contributed by atoms with Crippen molar-refractivity contribution in [2.75, 3.05) is 13.1 Å². The summed E-state index contributed by atoms with van der Waals surface area (Å²) in [4.78, 5) is 15.5. The van der Waals surface area contributed by atoms with Gasteiger partial charge in [-0.3, -0.25) is 9.69 Å². The fourth-order valence-electron chi connectivity index (χ4n) is 5.28. The molecule has 4 rings (SSSR count). The van der Waals surface area contributed by atoms with E-state index >= 15 is 0 Å². The van der Waals surface area contributed by atoms with Crippen LogP contribution in [0.2, 0.25) is 0 Å². The molecule has 2 aliphatic rings. The number of hydrogen-bond donors (Lipinski definition) is 2. The lowest BCUT2D eigenvalue weighted by Crippen LogP contribution is -2.47. The van der Waals surface area contributed by atoms with Crippen molar-refractivity contribution in [3.63, 3.8) is 0 Å². The maximum absolute atomic E-state index is 13.4. The number of ether oxygens (including phenoxy) is 1. The van der Waals surface area contributed by atoms with Crippen LogP contribution in [0.4, 0.5) is 4.39 Å². The lowest BCUT2D eigenvalue weighted by atomic mass is 9.69. The zero-order chi connectivity index (χ0) is 25.1. The number of aliphatic hydroxyl groups is 1. The summed E-state index contributed by atoms with van der Waals surface area (Å²) in [6.07, 6.45) is 4.08. The summed E-state index contributed by atoms with van der Waals surface area (Å²) in [5.74, 6) is -0.262. The molecule has 2 aromatic rings. The smallest absolute Gasteiger partial charge is 0.232 e. The van der Waals surface area contributed by atoms with E-state index in [1.54, 1.807) is 6.08 Å². The number of rotatable bonds is 9. The molecule has 35 heavy (non-hydrogen) atoms. The fraction of sp³-hybridized carbons (Fsp3) is 0.414. The first kappa shape index (κ1) is 25.1. The molecule has 0 spiro atoms. The average molecular weight is 479 g/mol. The topological polar surface area (TPSA) is 75.8 Å². The molecule has 5 nitrogen and oxygen atoms in total. The third-order valence-electron chi connectivity index (χ3n) is 7.53. The summed E-state index contributed by atoms with van der Waals surface area (Å²) < 4.78 is 19.5. The van der Waals surface area contributed by atoms with Crippen LogP contribution in [0.5, 0.6) is 0 Å². The van der Waals surface area contributed by atoms with Crippen LogP contribution in [0, 0.1) is 0 Å². The molecule has 0 aromatic heterocycles. The van der Waals surface area contributed by atoms with Gasteiger partial charge in [0.1, 0.15) is 18.0 Å². The highest BCUT2D eigenvalue weighted by Gasteiger charge is 2.43. The molecule has 2 atom stereocenters. The summed E-state index contributed by atoms with van der Waals surface area (Å²) in [6, 6.07) is 19.6. The highest BCUT2D eigenvalue weighted by Crippen LogP contribution is 2.40. The number of primary amides is 1. The molecule has 1 heterocycles. The molecule has 1 amide bonds. The maximum Gasteiger partial charge on any atom is 0.232 e. The minimum absolute atomic E-state index is 0.0218. The molecular formula is C29H35FN2O3. The number of carbonyl (C=O) groups excluding carboxylic acids is 1. The van der Waals surface area contributed by atoms with Crippen LogP contribution in [0.15, 0.2) is 84.4 Å². The van der Waals surface area contributed by atoms with Gasteiger partial charge < -0.3 is 15.6 Å². The van der Waals surface area contributed by atoms with Gasteiger partial charge in [0.25, 0.3) is 0 Å². The minimum Gasteiger partial charge on any atom is -0.493 e. The van der Waals surface area contributed by atoms with E-state index in [9.17, 15) is 14.3 Å². The third-order valence-corrected chi connectivity index (χ3v) is 7.53. The first-order valence-electron chi connectivity index (χ1n) is 12.3. The van der Waals surface area contributed by atoms with Crippen LogP contribution in [0.3, 0.4) is 0 Å². The van der Waals surface area contributed by atoms with Crippen LogP contribution in [0.1, 0.15) is 50.7 Å². The average Bonchev–Trinajstić information content (AvgIpc) is 3.33. The highest BCUT2D eigenvalue weighted by molar-refractivity contribution is 5.90. The van der Waals surface area contributed by atoms with E-state index in [1.807, 2.05) is 60.7 Å². The monoisotopic (exact) mass is 478 g/mol. The van der Waals surface area contributed by atoms with Gasteiger partial charge in [-0.25, -0.2) is 4.39 Å². The summed E-state index contributed by atoms with van der Waals surface area (Å²) in [5.41, 5.74) is 6.82. The summed E-state index contributed by atoms with van der Waals surface area (Å²) in [7, 11) is 0. The second-order valence-electron chi connectivity index (χ2n) is 10.2. The molecule has 0 radical (unpaired) electrons. The van der Waals surface area contributed by atoms with Crippen LogP contribution in [-0.2, 0) is 14.9 Å². The Hall–Kier alpha value is -2.96. The number of nitrogens with two attached hydrogens (primary N) is 1. The molecule has 1 fully saturated rings. The van der Waals surface area contributed by atoms with Crippen LogP contribution in [-0.4, -0.2) is 46.7 Å². The van der Waals surface area contributed by atoms with Gasteiger partial charge in [-0.1, -0.05) is 60.7 Å². The van der Waals surface area contributed by atoms with Crippen molar-refractivity contribution < 1.29 is 19.0 Å². The number of hydrogen-bond acceptors (Lipinski definition) is 4. The number of halogens is 1. The van der Waals surface area contributed by atoms with Gasteiger partial charge >= 0.3 is 0 Å². The molecule has 1 aliphatic carbocycles. The van der Waals surface area contributed by atoms with Crippen LogP contribution in [0.25, 0.3) is 0 Å². The molecule has 0 saturated carbocycles. The number of benzene rings is 2. The second-order valence-corrected chi connectivity index (χ2v) is 10.2. The Morgan fingerprint density at radius 3 is 2.20 bits per heavy atom. The molecular weight excluding hydrogens is 443 g/mol. The Balaban J connectivity index is 1.50. The number of carbonyl (C=O) groups is 1. The largest absolute Gasteiger partial charge is 0.493 e. The number of allylic oxidation sites excluding steroid dienone is 2. The van der Waals surface area contributed by atoms with Gasteiger partial charge in [0.15, 0.2) is 0 Å². The molecule has 2 aromatic carbocycles. The van der Waals surface area contributed by atoms with E-state index in [1.165, 1.54) is 6.08 Å². The molecule has 1 saturated heterocycles. The Morgan fingerprint density at radius 2 is 1.66 bits per heavy atom.